The molecule has 1 rings (SSSR count). The van der Waals surface area contributed by atoms with Crippen molar-refractivity contribution < 1.29 is 0 Å². The molecule has 14 heavy (non-hydrogen) atoms. The quantitative estimate of drug-likeness (QED) is 0.813. The number of aromatic nitrogens is 2. The van der Waals surface area contributed by atoms with Crippen molar-refractivity contribution in [3.8, 4) is 0 Å². The minimum Gasteiger partial charge on any atom is -0.392 e. The lowest BCUT2D eigenvalue weighted by atomic mass is 10.2. The molecule has 2 N–H and O–H groups in total. The molecule has 0 radical (unpaired) electrons. The Bertz CT molecular complexity index is 359. The Kier molecular flexibility index (Phi) is 3.50. The van der Waals surface area contributed by atoms with Gasteiger partial charge in [-0.2, -0.15) is 5.10 Å². The summed E-state index contributed by atoms with van der Waals surface area (Å²) in [6, 6.07) is -0.0313. The van der Waals surface area contributed by atoms with E-state index >= 15 is 0 Å². The largest absolute Gasteiger partial charge is 0.392 e. The van der Waals surface area contributed by atoms with Gasteiger partial charge in [0.05, 0.1) is 21.4 Å². The van der Waals surface area contributed by atoms with Gasteiger partial charge in [0, 0.05) is 0 Å². The molecule has 1 atom stereocenters. The van der Waals surface area contributed by atoms with E-state index in [1.807, 2.05) is 20.8 Å². The molecule has 0 aliphatic rings. The Hall–Kier alpha value is -0.610. The second-order valence-corrected chi connectivity index (χ2v) is 4.11. The lowest BCUT2D eigenvalue weighted by molar-refractivity contribution is 0.537. The molecule has 0 saturated heterocycles. The van der Waals surface area contributed by atoms with E-state index in [2.05, 4.69) is 5.10 Å². The van der Waals surface area contributed by atoms with Gasteiger partial charge in [-0.15, -0.1) is 0 Å². The van der Waals surface area contributed by atoms with E-state index in [1.54, 1.807) is 4.68 Å². The van der Waals surface area contributed by atoms with Gasteiger partial charge in [0.15, 0.2) is 0 Å². The molecule has 0 aliphatic heterocycles. The standard InChI is InChI=1S/C9H14ClN3S/c1-4-7(9(11)14)13-6(3)8(10)5(2)12-13/h7H,4H2,1-3H3,(H2,11,14). The summed E-state index contributed by atoms with van der Waals surface area (Å²) in [5, 5.41) is 5.01. The summed E-state index contributed by atoms with van der Waals surface area (Å²) in [6.07, 6.45) is 0.827. The Morgan fingerprint density at radius 3 is 2.50 bits per heavy atom. The zero-order chi connectivity index (χ0) is 10.9. The summed E-state index contributed by atoms with van der Waals surface area (Å²) in [5.74, 6) is 0. The van der Waals surface area contributed by atoms with Crippen LogP contribution in [0.15, 0.2) is 0 Å². The summed E-state index contributed by atoms with van der Waals surface area (Å²) in [7, 11) is 0. The zero-order valence-corrected chi connectivity index (χ0v) is 10.1. The lowest BCUT2D eigenvalue weighted by Crippen LogP contribution is -2.25. The van der Waals surface area contributed by atoms with Crippen molar-refractivity contribution in [3.63, 3.8) is 0 Å². The van der Waals surface area contributed by atoms with Crippen molar-refractivity contribution in [2.24, 2.45) is 5.73 Å². The maximum absolute atomic E-state index is 6.04. The molecule has 0 amide bonds. The molecule has 0 aromatic carbocycles. The van der Waals surface area contributed by atoms with E-state index in [9.17, 15) is 0 Å². The molecular formula is C9H14ClN3S. The average molecular weight is 232 g/mol. The number of hydrogen-bond acceptors (Lipinski definition) is 2. The smallest absolute Gasteiger partial charge is 0.102 e. The molecule has 0 bridgehead atoms. The molecule has 0 spiro atoms. The van der Waals surface area contributed by atoms with Crippen molar-refractivity contribution in [2.75, 3.05) is 0 Å². The molecule has 0 saturated carbocycles. The van der Waals surface area contributed by atoms with E-state index in [1.165, 1.54) is 0 Å². The number of aryl methyl sites for hydroxylation is 1. The van der Waals surface area contributed by atoms with Gasteiger partial charge in [0.2, 0.25) is 0 Å². The predicted molar refractivity (Wildman–Crippen MR) is 62.8 cm³/mol. The van der Waals surface area contributed by atoms with Crippen LogP contribution < -0.4 is 5.73 Å². The number of halogens is 1. The summed E-state index contributed by atoms with van der Waals surface area (Å²) >= 11 is 11.0. The fourth-order valence-electron chi connectivity index (χ4n) is 1.44. The number of rotatable bonds is 3. The van der Waals surface area contributed by atoms with Crippen LogP contribution in [0.25, 0.3) is 0 Å². The molecule has 1 aromatic rings. The highest BCUT2D eigenvalue weighted by Crippen LogP contribution is 2.23. The van der Waals surface area contributed by atoms with Crippen LogP contribution in [0, 0.1) is 13.8 Å². The second-order valence-electron chi connectivity index (χ2n) is 3.26. The van der Waals surface area contributed by atoms with E-state index in [-0.39, 0.29) is 6.04 Å². The monoisotopic (exact) mass is 231 g/mol. The molecular weight excluding hydrogens is 218 g/mol. The molecule has 0 aliphatic carbocycles. The summed E-state index contributed by atoms with van der Waals surface area (Å²) in [5.41, 5.74) is 7.37. The van der Waals surface area contributed by atoms with Crippen LogP contribution in [0.4, 0.5) is 0 Å². The third-order valence-electron chi connectivity index (χ3n) is 2.25. The van der Waals surface area contributed by atoms with Crippen LogP contribution in [0.1, 0.15) is 30.8 Å². The summed E-state index contributed by atoms with van der Waals surface area (Å²) in [4.78, 5) is 0.453. The van der Waals surface area contributed by atoms with Crippen molar-refractivity contribution >= 4 is 28.8 Å². The van der Waals surface area contributed by atoms with Gasteiger partial charge in [-0.05, 0) is 20.3 Å². The third-order valence-corrected chi connectivity index (χ3v) is 3.07. The minimum absolute atomic E-state index is 0.0313. The normalized spacial score (nSPS) is 12.9. The highest BCUT2D eigenvalue weighted by Gasteiger charge is 2.18. The maximum atomic E-state index is 6.04. The SMILES string of the molecule is CCC(C(N)=S)n1nc(C)c(Cl)c1C. The predicted octanol–water partition coefficient (Wildman–Crippen LogP) is 2.39. The van der Waals surface area contributed by atoms with Gasteiger partial charge in [-0.25, -0.2) is 0 Å². The molecule has 78 valence electrons. The third kappa shape index (κ3) is 1.91. The molecule has 1 unspecified atom stereocenters. The van der Waals surface area contributed by atoms with Crippen molar-refractivity contribution in [3.05, 3.63) is 16.4 Å². The van der Waals surface area contributed by atoms with Gasteiger partial charge < -0.3 is 5.73 Å². The first-order valence-electron chi connectivity index (χ1n) is 4.49. The van der Waals surface area contributed by atoms with Crippen LogP contribution in [-0.2, 0) is 0 Å². The van der Waals surface area contributed by atoms with Crippen LogP contribution in [-0.4, -0.2) is 14.8 Å². The van der Waals surface area contributed by atoms with Gasteiger partial charge in [0.25, 0.3) is 0 Å². The molecule has 1 heterocycles. The second kappa shape index (κ2) is 4.28. The highest BCUT2D eigenvalue weighted by atomic mass is 35.5. The number of hydrogen-bond donors (Lipinski definition) is 1. The maximum Gasteiger partial charge on any atom is 0.102 e. The van der Waals surface area contributed by atoms with Gasteiger partial charge in [-0.1, -0.05) is 30.7 Å². The molecule has 5 heteroatoms. The van der Waals surface area contributed by atoms with Crippen LogP contribution in [0.2, 0.25) is 5.02 Å². The van der Waals surface area contributed by atoms with Crippen LogP contribution in [0.3, 0.4) is 0 Å². The Balaban J connectivity index is 3.17. The number of nitrogens with two attached hydrogens (primary N) is 1. The fourth-order valence-corrected chi connectivity index (χ4v) is 1.83. The van der Waals surface area contributed by atoms with Crippen molar-refractivity contribution in [1.82, 2.24) is 9.78 Å². The van der Waals surface area contributed by atoms with Crippen molar-refractivity contribution in [2.45, 2.75) is 33.2 Å². The van der Waals surface area contributed by atoms with E-state index in [0.717, 1.165) is 17.8 Å². The van der Waals surface area contributed by atoms with Gasteiger partial charge >= 0.3 is 0 Å². The average Bonchev–Trinajstić information content (AvgIpc) is 2.35. The molecule has 3 nitrogen and oxygen atoms in total. The van der Waals surface area contributed by atoms with Crippen molar-refractivity contribution in [1.29, 1.82) is 0 Å². The number of thiocarbonyl (C=S) groups is 1. The van der Waals surface area contributed by atoms with E-state index in [4.69, 9.17) is 29.6 Å². The van der Waals surface area contributed by atoms with E-state index in [0.29, 0.717) is 10.0 Å². The van der Waals surface area contributed by atoms with Gasteiger partial charge in [-0.3, -0.25) is 4.68 Å². The Morgan fingerprint density at radius 2 is 2.21 bits per heavy atom. The zero-order valence-electron chi connectivity index (χ0n) is 8.54. The Labute approximate surface area is 94.2 Å². The first kappa shape index (κ1) is 11.5. The highest BCUT2D eigenvalue weighted by molar-refractivity contribution is 7.80. The number of nitrogens with zero attached hydrogens (tertiary/aromatic N) is 2. The minimum atomic E-state index is -0.0313. The molecule has 0 fully saturated rings. The first-order chi connectivity index (χ1) is 6.49. The Morgan fingerprint density at radius 1 is 1.64 bits per heavy atom. The van der Waals surface area contributed by atoms with E-state index < -0.39 is 0 Å². The first-order valence-corrected chi connectivity index (χ1v) is 5.28. The lowest BCUT2D eigenvalue weighted by Gasteiger charge is -2.15. The van der Waals surface area contributed by atoms with Crippen LogP contribution in [0.5, 0.6) is 0 Å². The fraction of sp³-hybridized carbons (Fsp3) is 0.556. The topological polar surface area (TPSA) is 43.8 Å². The molecule has 1 aromatic heterocycles. The summed E-state index contributed by atoms with van der Waals surface area (Å²) < 4.78 is 1.81. The van der Waals surface area contributed by atoms with Crippen LogP contribution >= 0.6 is 23.8 Å². The summed E-state index contributed by atoms with van der Waals surface area (Å²) in [6.45, 7) is 5.82. The van der Waals surface area contributed by atoms with Gasteiger partial charge in [0.1, 0.15) is 6.04 Å².